The third-order valence-electron chi connectivity index (χ3n) is 3.71. The number of benzene rings is 1. The van der Waals surface area contributed by atoms with E-state index in [4.69, 9.17) is 5.73 Å². The van der Waals surface area contributed by atoms with Crippen molar-refractivity contribution in [2.75, 3.05) is 17.2 Å². The number of hydrogen-bond acceptors (Lipinski definition) is 3. The first-order valence-corrected chi connectivity index (χ1v) is 6.80. The Morgan fingerprint density at radius 2 is 2.11 bits per heavy atom. The fourth-order valence-electron chi connectivity index (χ4n) is 2.32. The Balaban J connectivity index is 2.38. The maximum absolute atomic E-state index is 11.3. The summed E-state index contributed by atoms with van der Waals surface area (Å²) >= 11 is 0. The zero-order valence-corrected chi connectivity index (χ0v) is 11.8. The van der Waals surface area contributed by atoms with E-state index >= 15 is 0 Å². The molecule has 1 aliphatic rings. The lowest BCUT2D eigenvalue weighted by Crippen LogP contribution is -2.33. The van der Waals surface area contributed by atoms with E-state index in [0.29, 0.717) is 11.7 Å². The van der Waals surface area contributed by atoms with Crippen LogP contribution in [0.15, 0.2) is 12.1 Å². The lowest BCUT2D eigenvalue weighted by Gasteiger charge is -2.30. The number of aryl methyl sites for hydroxylation is 1. The van der Waals surface area contributed by atoms with Gasteiger partial charge in [-0.15, -0.1) is 0 Å². The third kappa shape index (κ3) is 3.00. The highest BCUT2D eigenvalue weighted by Gasteiger charge is 2.26. The summed E-state index contributed by atoms with van der Waals surface area (Å²) in [6.07, 6.45) is 2.56. The average Bonchev–Trinajstić information content (AvgIpc) is 3.12. The van der Waals surface area contributed by atoms with Crippen LogP contribution in [0.3, 0.4) is 0 Å². The van der Waals surface area contributed by atoms with Crippen LogP contribution in [0.1, 0.15) is 42.6 Å². The van der Waals surface area contributed by atoms with Gasteiger partial charge in [-0.1, -0.05) is 0 Å². The summed E-state index contributed by atoms with van der Waals surface area (Å²) in [5.74, 6) is -0.203. The third-order valence-corrected chi connectivity index (χ3v) is 3.71. The molecular formula is C15H22N2O2. The van der Waals surface area contributed by atoms with Crippen molar-refractivity contribution in [2.24, 2.45) is 5.92 Å². The molecule has 0 atom stereocenters. The van der Waals surface area contributed by atoms with Crippen molar-refractivity contribution in [1.82, 2.24) is 0 Å². The van der Waals surface area contributed by atoms with Gasteiger partial charge >= 0.3 is 5.97 Å². The molecule has 0 bridgehead atoms. The van der Waals surface area contributed by atoms with Crippen LogP contribution >= 0.6 is 0 Å². The van der Waals surface area contributed by atoms with Gasteiger partial charge in [0, 0.05) is 24.0 Å². The predicted molar refractivity (Wildman–Crippen MR) is 77.8 cm³/mol. The minimum atomic E-state index is -0.961. The first-order valence-electron chi connectivity index (χ1n) is 6.80. The highest BCUT2D eigenvalue weighted by molar-refractivity contribution is 5.95. The second-order valence-corrected chi connectivity index (χ2v) is 5.72. The van der Waals surface area contributed by atoms with Crippen LogP contribution in [0.2, 0.25) is 0 Å². The average molecular weight is 262 g/mol. The summed E-state index contributed by atoms with van der Waals surface area (Å²) in [6.45, 7) is 7.13. The van der Waals surface area contributed by atoms with E-state index in [1.807, 2.05) is 13.0 Å². The predicted octanol–water partition coefficient (Wildman–Crippen LogP) is 2.90. The first kappa shape index (κ1) is 13.7. The quantitative estimate of drug-likeness (QED) is 0.801. The molecule has 0 heterocycles. The van der Waals surface area contributed by atoms with Crippen molar-refractivity contribution in [3.63, 3.8) is 0 Å². The largest absolute Gasteiger partial charge is 0.478 e. The number of carboxylic acids is 1. The maximum Gasteiger partial charge on any atom is 0.337 e. The highest BCUT2D eigenvalue weighted by atomic mass is 16.4. The maximum atomic E-state index is 11.3. The van der Waals surface area contributed by atoms with Gasteiger partial charge < -0.3 is 15.7 Å². The lowest BCUT2D eigenvalue weighted by atomic mass is 10.1. The van der Waals surface area contributed by atoms with Crippen molar-refractivity contribution in [3.05, 3.63) is 23.3 Å². The second-order valence-electron chi connectivity index (χ2n) is 5.72. The topological polar surface area (TPSA) is 66.6 Å². The van der Waals surface area contributed by atoms with Gasteiger partial charge in [-0.25, -0.2) is 4.79 Å². The van der Waals surface area contributed by atoms with Crippen LogP contribution in [0, 0.1) is 12.8 Å². The molecule has 0 spiro atoms. The number of rotatable bonds is 5. The summed E-state index contributed by atoms with van der Waals surface area (Å²) in [6, 6.07) is 4.04. The molecule has 1 saturated carbocycles. The summed E-state index contributed by atoms with van der Waals surface area (Å²) in [5.41, 5.74) is 8.21. The van der Waals surface area contributed by atoms with E-state index in [1.165, 1.54) is 12.8 Å². The van der Waals surface area contributed by atoms with Crippen molar-refractivity contribution in [1.29, 1.82) is 0 Å². The Hall–Kier alpha value is -1.71. The molecule has 0 aromatic heterocycles. The lowest BCUT2D eigenvalue weighted by molar-refractivity contribution is 0.0698. The smallest absolute Gasteiger partial charge is 0.337 e. The molecule has 1 aliphatic carbocycles. The molecule has 4 nitrogen and oxygen atoms in total. The van der Waals surface area contributed by atoms with Gasteiger partial charge in [0.25, 0.3) is 0 Å². The molecule has 104 valence electrons. The van der Waals surface area contributed by atoms with Crippen LogP contribution in [-0.4, -0.2) is 23.7 Å². The van der Waals surface area contributed by atoms with E-state index in [0.717, 1.165) is 23.7 Å². The number of hydrogen-bond donors (Lipinski definition) is 2. The standard InChI is InChI=1S/C15H22N2O2/c1-9(2)17(8-11-4-5-11)12-6-10(3)14(16)13(7-12)15(18)19/h6-7,9,11H,4-5,8,16H2,1-3H3,(H,18,19). The number of nitrogens with two attached hydrogens (primary N) is 1. The molecule has 1 aromatic rings. The second kappa shape index (κ2) is 5.11. The van der Waals surface area contributed by atoms with E-state index in [2.05, 4.69) is 18.7 Å². The van der Waals surface area contributed by atoms with E-state index in [9.17, 15) is 9.90 Å². The number of carboxylic acid groups (broad SMARTS) is 1. The Labute approximate surface area is 114 Å². The monoisotopic (exact) mass is 262 g/mol. The highest BCUT2D eigenvalue weighted by Crippen LogP contribution is 2.34. The van der Waals surface area contributed by atoms with E-state index in [1.54, 1.807) is 6.07 Å². The summed E-state index contributed by atoms with van der Waals surface area (Å²) < 4.78 is 0. The molecule has 4 heteroatoms. The zero-order valence-electron chi connectivity index (χ0n) is 11.8. The molecule has 1 fully saturated rings. The molecule has 0 radical (unpaired) electrons. The van der Waals surface area contributed by atoms with Crippen molar-refractivity contribution in [2.45, 2.75) is 39.7 Å². The fourth-order valence-corrected chi connectivity index (χ4v) is 2.32. The molecule has 0 unspecified atom stereocenters. The van der Waals surface area contributed by atoms with Gasteiger partial charge in [0.1, 0.15) is 0 Å². The van der Waals surface area contributed by atoms with E-state index in [-0.39, 0.29) is 5.56 Å². The Kier molecular flexibility index (Phi) is 3.69. The molecule has 0 amide bonds. The van der Waals surface area contributed by atoms with E-state index < -0.39 is 5.97 Å². The van der Waals surface area contributed by atoms with Gasteiger partial charge in [-0.3, -0.25) is 0 Å². The van der Waals surface area contributed by atoms with Gasteiger partial charge in [0.2, 0.25) is 0 Å². The number of nitrogens with zero attached hydrogens (tertiary/aromatic N) is 1. The van der Waals surface area contributed by atoms with Gasteiger partial charge in [0.15, 0.2) is 0 Å². The summed E-state index contributed by atoms with van der Waals surface area (Å²) in [4.78, 5) is 13.5. The normalized spacial score (nSPS) is 14.7. The molecule has 0 aliphatic heterocycles. The zero-order chi connectivity index (χ0) is 14.2. The molecule has 3 N–H and O–H groups in total. The van der Waals surface area contributed by atoms with Crippen LogP contribution in [-0.2, 0) is 0 Å². The molecule has 19 heavy (non-hydrogen) atoms. The minimum Gasteiger partial charge on any atom is -0.478 e. The SMILES string of the molecule is Cc1cc(N(CC2CC2)C(C)C)cc(C(=O)O)c1N. The van der Waals surface area contributed by atoms with Crippen molar-refractivity contribution >= 4 is 17.3 Å². The number of aromatic carboxylic acids is 1. The summed E-state index contributed by atoms with van der Waals surface area (Å²) in [7, 11) is 0. The van der Waals surface area contributed by atoms with Crippen molar-refractivity contribution < 1.29 is 9.90 Å². The van der Waals surface area contributed by atoms with Crippen molar-refractivity contribution in [3.8, 4) is 0 Å². The number of nitrogen functional groups attached to an aromatic ring is 1. The molecule has 2 rings (SSSR count). The Bertz CT molecular complexity index is 493. The van der Waals surface area contributed by atoms with Crippen LogP contribution < -0.4 is 10.6 Å². The Morgan fingerprint density at radius 3 is 2.58 bits per heavy atom. The van der Waals surface area contributed by atoms with Gasteiger partial charge in [0.05, 0.1) is 5.56 Å². The Morgan fingerprint density at radius 1 is 1.47 bits per heavy atom. The fraction of sp³-hybridized carbons (Fsp3) is 0.533. The van der Waals surface area contributed by atoms with Crippen LogP contribution in [0.4, 0.5) is 11.4 Å². The molecular weight excluding hydrogens is 240 g/mol. The summed E-state index contributed by atoms with van der Waals surface area (Å²) in [5, 5.41) is 9.23. The first-order chi connectivity index (χ1) is 8.90. The minimum absolute atomic E-state index is 0.205. The molecule has 0 saturated heterocycles. The van der Waals surface area contributed by atoms with Gasteiger partial charge in [-0.05, 0) is 57.2 Å². The van der Waals surface area contributed by atoms with Crippen LogP contribution in [0.5, 0.6) is 0 Å². The van der Waals surface area contributed by atoms with Crippen LogP contribution in [0.25, 0.3) is 0 Å². The molecule has 1 aromatic carbocycles. The number of anilines is 2. The number of carbonyl (C=O) groups is 1. The van der Waals surface area contributed by atoms with Gasteiger partial charge in [-0.2, -0.15) is 0 Å².